The van der Waals surface area contributed by atoms with E-state index in [9.17, 15) is 8.78 Å². The summed E-state index contributed by atoms with van der Waals surface area (Å²) in [7, 11) is 1.59. The quantitative estimate of drug-likeness (QED) is 0.295. The zero-order valence-electron chi connectivity index (χ0n) is 21.7. The van der Waals surface area contributed by atoms with Gasteiger partial charge in [0.05, 0.1) is 44.2 Å². The van der Waals surface area contributed by atoms with E-state index in [1.54, 1.807) is 36.3 Å². The number of hydrogen-bond acceptors (Lipinski definition) is 8. The zero-order chi connectivity index (χ0) is 27.6. The molecular formula is C28H27ClF2N6O3. The molecule has 0 bridgehead atoms. The maximum atomic E-state index is 14.2. The summed E-state index contributed by atoms with van der Waals surface area (Å²) >= 11 is 6.00. The number of fused-ring (bicyclic) bond motifs is 1. The summed E-state index contributed by atoms with van der Waals surface area (Å²) in [6.07, 6.45) is 2.83. The summed E-state index contributed by atoms with van der Waals surface area (Å²) in [5.74, 6) is 1.87. The van der Waals surface area contributed by atoms with Crippen LogP contribution in [-0.2, 0) is 11.3 Å². The molecule has 2 atom stereocenters. The van der Waals surface area contributed by atoms with E-state index < -0.39 is 13.0 Å². The largest absolute Gasteiger partial charge is 0.494 e. The predicted octanol–water partition coefficient (Wildman–Crippen LogP) is 5.58. The molecule has 0 saturated carbocycles. The molecule has 12 heteroatoms. The Morgan fingerprint density at radius 1 is 1.18 bits per heavy atom. The Kier molecular flexibility index (Phi) is 7.40. The average Bonchev–Trinajstić information content (AvgIpc) is 3.61. The van der Waals surface area contributed by atoms with Crippen molar-refractivity contribution in [3.05, 3.63) is 77.0 Å². The second-order valence-corrected chi connectivity index (χ2v) is 9.96. The van der Waals surface area contributed by atoms with Gasteiger partial charge in [0.2, 0.25) is 12.8 Å². The van der Waals surface area contributed by atoms with Crippen molar-refractivity contribution in [3.8, 4) is 17.2 Å². The van der Waals surface area contributed by atoms with Crippen molar-refractivity contribution < 1.29 is 23.0 Å². The number of rotatable bonds is 8. The van der Waals surface area contributed by atoms with Crippen LogP contribution in [0.4, 0.5) is 26.2 Å². The van der Waals surface area contributed by atoms with E-state index >= 15 is 0 Å². The second kappa shape index (κ2) is 11.3. The fourth-order valence-electron chi connectivity index (χ4n) is 5.14. The number of alkyl halides is 2. The highest BCUT2D eigenvalue weighted by Gasteiger charge is 2.32. The number of methoxy groups -OCH3 is 1. The van der Waals surface area contributed by atoms with Crippen LogP contribution < -0.4 is 19.7 Å². The molecule has 2 aliphatic heterocycles. The molecule has 0 amide bonds. The Labute approximate surface area is 234 Å². The summed E-state index contributed by atoms with van der Waals surface area (Å²) in [5.41, 5.74) is 4.06. The maximum Gasteiger partial charge on any atom is 0.229 e. The molecule has 0 aliphatic carbocycles. The molecule has 1 saturated heterocycles. The third-order valence-electron chi connectivity index (χ3n) is 7.08. The summed E-state index contributed by atoms with van der Waals surface area (Å²) in [5, 5.41) is 3.68. The lowest BCUT2D eigenvalue weighted by Gasteiger charge is -2.30. The van der Waals surface area contributed by atoms with Gasteiger partial charge in [-0.3, -0.25) is 0 Å². The van der Waals surface area contributed by atoms with E-state index in [0.29, 0.717) is 60.3 Å². The van der Waals surface area contributed by atoms with Crippen molar-refractivity contribution in [1.29, 1.82) is 0 Å². The van der Waals surface area contributed by atoms with E-state index in [2.05, 4.69) is 10.3 Å². The molecule has 2 aromatic carbocycles. The highest BCUT2D eigenvalue weighted by atomic mass is 35.5. The van der Waals surface area contributed by atoms with E-state index in [-0.39, 0.29) is 12.5 Å². The maximum absolute atomic E-state index is 14.2. The lowest BCUT2D eigenvalue weighted by molar-refractivity contribution is 0.0976. The van der Waals surface area contributed by atoms with Crippen LogP contribution >= 0.6 is 11.6 Å². The van der Waals surface area contributed by atoms with Gasteiger partial charge in [0, 0.05) is 30.1 Å². The first-order valence-electron chi connectivity index (χ1n) is 12.8. The Balaban J connectivity index is 1.38. The highest BCUT2D eigenvalue weighted by molar-refractivity contribution is 6.29. The highest BCUT2D eigenvalue weighted by Crippen LogP contribution is 2.38. The second-order valence-electron chi connectivity index (χ2n) is 9.57. The van der Waals surface area contributed by atoms with Gasteiger partial charge in [-0.15, -0.1) is 0 Å². The van der Waals surface area contributed by atoms with Gasteiger partial charge in [0.25, 0.3) is 0 Å². The van der Waals surface area contributed by atoms with Crippen molar-refractivity contribution in [1.82, 2.24) is 19.5 Å². The minimum Gasteiger partial charge on any atom is -0.494 e. The van der Waals surface area contributed by atoms with Crippen LogP contribution in [0.1, 0.15) is 29.2 Å². The first-order chi connectivity index (χ1) is 19.5. The zero-order valence-corrected chi connectivity index (χ0v) is 22.4. The van der Waals surface area contributed by atoms with E-state index in [4.69, 9.17) is 35.8 Å². The topological polar surface area (TPSA) is 86.6 Å². The van der Waals surface area contributed by atoms with Gasteiger partial charge < -0.3 is 29.0 Å². The molecule has 0 spiro atoms. The molecule has 2 aromatic heterocycles. The Morgan fingerprint density at radius 2 is 2.02 bits per heavy atom. The van der Waals surface area contributed by atoms with E-state index in [1.165, 1.54) is 0 Å². The monoisotopic (exact) mass is 568 g/mol. The molecule has 4 aromatic rings. The van der Waals surface area contributed by atoms with Gasteiger partial charge in [0.15, 0.2) is 0 Å². The van der Waals surface area contributed by atoms with Crippen LogP contribution in [0.3, 0.4) is 0 Å². The number of imidazole rings is 1. The van der Waals surface area contributed by atoms with Gasteiger partial charge >= 0.3 is 0 Å². The fraction of sp³-hybridized carbons (Fsp3) is 0.321. The Bertz CT molecular complexity index is 1500. The Morgan fingerprint density at radius 3 is 2.73 bits per heavy atom. The van der Waals surface area contributed by atoms with Crippen molar-refractivity contribution in [3.63, 3.8) is 0 Å². The minimum absolute atomic E-state index is 0.197. The smallest absolute Gasteiger partial charge is 0.229 e. The van der Waals surface area contributed by atoms with E-state index in [1.807, 2.05) is 35.2 Å². The summed E-state index contributed by atoms with van der Waals surface area (Å²) < 4.78 is 45.2. The first-order valence-corrected chi connectivity index (χ1v) is 13.2. The molecule has 6 rings (SSSR count). The lowest BCUT2D eigenvalue weighted by atomic mass is 9.91. The average molecular weight is 569 g/mol. The summed E-state index contributed by atoms with van der Waals surface area (Å²) in [6, 6.07) is 12.8. The van der Waals surface area contributed by atoms with Crippen molar-refractivity contribution in [2.24, 2.45) is 0 Å². The van der Waals surface area contributed by atoms with Crippen LogP contribution in [-0.4, -0.2) is 59.4 Å². The molecule has 1 N–H and O–H groups in total. The number of ether oxygens (including phenoxy) is 3. The number of nitrogens with one attached hydrogen (secondary N) is 1. The molecule has 40 heavy (non-hydrogen) atoms. The number of hydrogen-bond donors (Lipinski definition) is 1. The van der Waals surface area contributed by atoms with Gasteiger partial charge in [-0.05, 0) is 36.2 Å². The third-order valence-corrected chi connectivity index (χ3v) is 7.27. The summed E-state index contributed by atoms with van der Waals surface area (Å²) in [4.78, 5) is 15.8. The standard InChI is InChI=1S/C28H27ClF2N6O3/c1-38-24-10-19(4-7-23(24)37-12-25(29)32-16-37)33-28-34-26-21(17-2-5-20(6-3-17)40-15-30)13-39-14-22(26)27(35-28)36-9-8-18(31)11-36/h2-7,10,12,16,18,21H,8-9,11,13-15H2,1H3,(H,33,34,35)/t18-,21?/m1/s1. The molecule has 9 nitrogen and oxygen atoms in total. The van der Waals surface area contributed by atoms with Gasteiger partial charge in [0.1, 0.15) is 35.0 Å². The lowest BCUT2D eigenvalue weighted by Crippen LogP contribution is -2.28. The normalized spacial score (nSPS) is 18.4. The van der Waals surface area contributed by atoms with Crippen LogP contribution in [0.15, 0.2) is 55.0 Å². The fourth-order valence-corrected chi connectivity index (χ4v) is 5.29. The van der Waals surface area contributed by atoms with Crippen molar-refractivity contribution in [2.45, 2.75) is 25.1 Å². The van der Waals surface area contributed by atoms with Crippen LogP contribution in [0.5, 0.6) is 11.5 Å². The molecule has 2 aliphatic rings. The molecule has 4 heterocycles. The SMILES string of the molecule is COc1cc(Nc2nc3c(c(N4CC[C@@H](F)C4)n2)COCC3c2ccc(OCF)cc2)ccc1-n1cnc(Cl)c1. The van der Waals surface area contributed by atoms with Crippen molar-refractivity contribution in [2.75, 3.05) is 43.9 Å². The van der Waals surface area contributed by atoms with E-state index in [0.717, 1.165) is 22.5 Å². The first kappa shape index (κ1) is 26.3. The molecule has 1 unspecified atom stereocenters. The number of aromatic nitrogens is 4. The van der Waals surface area contributed by atoms with Crippen LogP contribution in [0.25, 0.3) is 5.69 Å². The number of nitrogens with zero attached hydrogens (tertiary/aromatic N) is 5. The van der Waals surface area contributed by atoms with Crippen LogP contribution in [0, 0.1) is 0 Å². The number of halogens is 3. The number of benzene rings is 2. The van der Waals surface area contributed by atoms with Crippen molar-refractivity contribution >= 4 is 29.1 Å². The number of anilines is 3. The van der Waals surface area contributed by atoms with Gasteiger partial charge in [-0.1, -0.05) is 23.7 Å². The third kappa shape index (κ3) is 5.26. The van der Waals surface area contributed by atoms with Gasteiger partial charge in [-0.2, -0.15) is 4.98 Å². The molecule has 0 radical (unpaired) electrons. The Hall–Kier alpha value is -3.96. The molecule has 1 fully saturated rings. The molecular weight excluding hydrogens is 542 g/mol. The molecule has 208 valence electrons. The minimum atomic E-state index is -0.918. The summed E-state index contributed by atoms with van der Waals surface area (Å²) in [6.45, 7) is 0.661. The van der Waals surface area contributed by atoms with Crippen LogP contribution in [0.2, 0.25) is 5.15 Å². The predicted molar refractivity (Wildman–Crippen MR) is 147 cm³/mol. The van der Waals surface area contributed by atoms with Gasteiger partial charge in [-0.25, -0.2) is 18.7 Å².